The predicted octanol–water partition coefficient (Wildman–Crippen LogP) is 5.08. The molecule has 0 atom stereocenters. The third-order valence-corrected chi connectivity index (χ3v) is 4.37. The first kappa shape index (κ1) is 19.3. The van der Waals surface area contributed by atoms with Crippen molar-refractivity contribution in [3.63, 3.8) is 0 Å². The molecule has 0 aliphatic rings. The maximum atomic E-state index is 12.5. The van der Waals surface area contributed by atoms with Gasteiger partial charge in [0.05, 0.1) is 11.4 Å². The van der Waals surface area contributed by atoms with Crippen LogP contribution >= 0.6 is 0 Å². The number of carbonyl (C=O) groups excluding carboxylic acids is 2. The second-order valence-electron chi connectivity index (χ2n) is 6.89. The molecule has 0 aliphatic heterocycles. The molecule has 2 aromatic carbocycles. The number of amides is 2. The normalized spacial score (nSPS) is 10.6. The molecule has 0 saturated heterocycles. The summed E-state index contributed by atoms with van der Waals surface area (Å²) in [6.45, 7) is 5.72. The lowest BCUT2D eigenvalue weighted by atomic mass is 10.0. The number of anilines is 2. The van der Waals surface area contributed by atoms with Crippen molar-refractivity contribution in [3.05, 3.63) is 78.0 Å². The number of nitrogens with one attached hydrogen (secondary N) is 2. The molecular formula is C23H23N3O2. The fourth-order valence-electron chi connectivity index (χ4n) is 2.86. The minimum absolute atomic E-state index is 0.159. The maximum absolute atomic E-state index is 12.5. The van der Waals surface area contributed by atoms with Gasteiger partial charge in [-0.15, -0.1) is 0 Å². The van der Waals surface area contributed by atoms with Crippen molar-refractivity contribution in [2.24, 2.45) is 0 Å². The van der Waals surface area contributed by atoms with Gasteiger partial charge in [0, 0.05) is 29.9 Å². The highest BCUT2D eigenvalue weighted by Gasteiger charge is 2.10. The van der Waals surface area contributed by atoms with Gasteiger partial charge in [-0.2, -0.15) is 0 Å². The molecule has 2 N–H and O–H groups in total. The average molecular weight is 373 g/mol. The molecule has 0 saturated carbocycles. The van der Waals surface area contributed by atoms with Crippen molar-refractivity contribution >= 4 is 23.2 Å². The lowest BCUT2D eigenvalue weighted by Gasteiger charge is -2.10. The van der Waals surface area contributed by atoms with E-state index in [0.29, 0.717) is 22.9 Å². The van der Waals surface area contributed by atoms with Crippen molar-refractivity contribution in [2.75, 3.05) is 10.6 Å². The Bertz CT molecular complexity index is 977. The molecule has 3 aromatic rings. The van der Waals surface area contributed by atoms with Crippen LogP contribution < -0.4 is 10.6 Å². The summed E-state index contributed by atoms with van der Waals surface area (Å²) >= 11 is 0. The van der Waals surface area contributed by atoms with Gasteiger partial charge in [-0.05, 0) is 47.9 Å². The zero-order chi connectivity index (χ0) is 20.1. The molecule has 28 heavy (non-hydrogen) atoms. The van der Waals surface area contributed by atoms with E-state index in [4.69, 9.17) is 0 Å². The van der Waals surface area contributed by atoms with Gasteiger partial charge in [0.1, 0.15) is 0 Å². The Morgan fingerprint density at radius 2 is 1.57 bits per heavy atom. The largest absolute Gasteiger partial charge is 0.324 e. The Morgan fingerprint density at radius 3 is 2.18 bits per heavy atom. The van der Waals surface area contributed by atoms with Gasteiger partial charge in [0.15, 0.2) is 0 Å². The Balaban J connectivity index is 1.75. The Hall–Kier alpha value is -3.47. The number of rotatable bonds is 5. The number of pyridine rings is 1. The van der Waals surface area contributed by atoms with Crippen LogP contribution in [0.4, 0.5) is 11.4 Å². The van der Waals surface area contributed by atoms with E-state index in [1.165, 1.54) is 12.5 Å². The topological polar surface area (TPSA) is 71.1 Å². The minimum atomic E-state index is -0.174. The van der Waals surface area contributed by atoms with E-state index in [0.717, 1.165) is 11.3 Å². The van der Waals surface area contributed by atoms with Crippen molar-refractivity contribution in [3.8, 4) is 11.3 Å². The standard InChI is InChI=1S/C23H23N3O2/c1-15(2)17-10-12-20(13-11-17)26-23(28)19-8-6-18(7-9-19)22-21(25-16(3)27)5-4-14-24-22/h4-15H,1-3H3,(H,25,27)(H,26,28). The van der Waals surface area contributed by atoms with Gasteiger partial charge < -0.3 is 10.6 Å². The monoisotopic (exact) mass is 373 g/mol. The molecule has 0 fully saturated rings. The van der Waals surface area contributed by atoms with E-state index in [1.807, 2.05) is 36.4 Å². The number of nitrogens with zero attached hydrogens (tertiary/aromatic N) is 1. The van der Waals surface area contributed by atoms with Gasteiger partial charge >= 0.3 is 0 Å². The van der Waals surface area contributed by atoms with E-state index in [-0.39, 0.29) is 11.8 Å². The number of carbonyl (C=O) groups is 2. The molecule has 0 radical (unpaired) electrons. The SMILES string of the molecule is CC(=O)Nc1cccnc1-c1ccc(C(=O)Nc2ccc(C(C)C)cc2)cc1. The Morgan fingerprint density at radius 1 is 0.893 bits per heavy atom. The van der Waals surface area contributed by atoms with E-state index >= 15 is 0 Å². The molecule has 0 bridgehead atoms. The average Bonchev–Trinajstić information content (AvgIpc) is 2.68. The quantitative estimate of drug-likeness (QED) is 0.655. The highest BCUT2D eigenvalue weighted by molar-refractivity contribution is 6.04. The number of hydrogen-bond acceptors (Lipinski definition) is 3. The molecule has 0 spiro atoms. The fraction of sp³-hybridized carbons (Fsp3) is 0.174. The summed E-state index contributed by atoms with van der Waals surface area (Å²) in [7, 11) is 0. The number of hydrogen-bond donors (Lipinski definition) is 2. The zero-order valence-electron chi connectivity index (χ0n) is 16.2. The summed E-state index contributed by atoms with van der Waals surface area (Å²) in [6, 6.07) is 18.6. The van der Waals surface area contributed by atoms with Crippen LogP contribution in [0.25, 0.3) is 11.3 Å². The molecule has 2 amide bonds. The van der Waals surface area contributed by atoms with E-state index in [1.54, 1.807) is 30.5 Å². The number of benzene rings is 2. The van der Waals surface area contributed by atoms with Gasteiger partial charge in [0.25, 0.3) is 5.91 Å². The third-order valence-electron chi connectivity index (χ3n) is 4.37. The fourth-order valence-corrected chi connectivity index (χ4v) is 2.86. The lowest BCUT2D eigenvalue weighted by molar-refractivity contribution is -0.114. The van der Waals surface area contributed by atoms with E-state index in [2.05, 4.69) is 29.5 Å². The molecule has 1 aromatic heterocycles. The molecular weight excluding hydrogens is 350 g/mol. The van der Waals surface area contributed by atoms with Crippen LogP contribution in [0.5, 0.6) is 0 Å². The summed E-state index contributed by atoms with van der Waals surface area (Å²) in [6.07, 6.45) is 1.67. The lowest BCUT2D eigenvalue weighted by Crippen LogP contribution is -2.12. The first-order valence-corrected chi connectivity index (χ1v) is 9.18. The highest BCUT2D eigenvalue weighted by atomic mass is 16.2. The van der Waals surface area contributed by atoms with Crippen LogP contribution in [0.1, 0.15) is 42.6 Å². The van der Waals surface area contributed by atoms with Gasteiger partial charge in [-0.3, -0.25) is 14.6 Å². The summed E-state index contributed by atoms with van der Waals surface area (Å²) in [5, 5.41) is 5.68. The van der Waals surface area contributed by atoms with Crippen molar-refractivity contribution in [1.29, 1.82) is 0 Å². The van der Waals surface area contributed by atoms with Crippen LogP contribution in [0, 0.1) is 0 Å². The van der Waals surface area contributed by atoms with Crippen LogP contribution in [0.3, 0.4) is 0 Å². The minimum Gasteiger partial charge on any atom is -0.324 e. The second-order valence-corrected chi connectivity index (χ2v) is 6.89. The molecule has 1 heterocycles. The molecule has 5 heteroatoms. The Labute approximate surface area is 164 Å². The Kier molecular flexibility index (Phi) is 5.84. The molecule has 5 nitrogen and oxygen atoms in total. The summed E-state index contributed by atoms with van der Waals surface area (Å²) in [5.74, 6) is 0.118. The van der Waals surface area contributed by atoms with Crippen LogP contribution in [0.2, 0.25) is 0 Å². The molecule has 3 rings (SSSR count). The van der Waals surface area contributed by atoms with Crippen molar-refractivity contribution in [2.45, 2.75) is 26.7 Å². The van der Waals surface area contributed by atoms with Gasteiger partial charge in [0.2, 0.25) is 5.91 Å². The summed E-state index contributed by atoms with van der Waals surface area (Å²) in [4.78, 5) is 28.2. The van der Waals surface area contributed by atoms with E-state index in [9.17, 15) is 9.59 Å². The van der Waals surface area contributed by atoms with Crippen molar-refractivity contribution < 1.29 is 9.59 Å². The molecule has 142 valence electrons. The van der Waals surface area contributed by atoms with Crippen molar-refractivity contribution in [1.82, 2.24) is 4.98 Å². The molecule has 0 aliphatic carbocycles. The maximum Gasteiger partial charge on any atom is 0.255 e. The third kappa shape index (κ3) is 4.62. The van der Waals surface area contributed by atoms with Crippen LogP contribution in [0.15, 0.2) is 66.9 Å². The van der Waals surface area contributed by atoms with Gasteiger partial charge in [-0.1, -0.05) is 38.1 Å². The predicted molar refractivity (Wildman–Crippen MR) is 112 cm³/mol. The van der Waals surface area contributed by atoms with E-state index < -0.39 is 0 Å². The van der Waals surface area contributed by atoms with Crippen LogP contribution in [-0.2, 0) is 4.79 Å². The molecule has 0 unspecified atom stereocenters. The van der Waals surface area contributed by atoms with Crippen LogP contribution in [-0.4, -0.2) is 16.8 Å². The summed E-state index contributed by atoms with van der Waals surface area (Å²) < 4.78 is 0. The van der Waals surface area contributed by atoms with Gasteiger partial charge in [-0.25, -0.2) is 0 Å². The summed E-state index contributed by atoms with van der Waals surface area (Å²) in [5.41, 5.74) is 4.66. The second kappa shape index (κ2) is 8.48. The zero-order valence-corrected chi connectivity index (χ0v) is 16.2. The number of aromatic nitrogens is 1. The smallest absolute Gasteiger partial charge is 0.255 e. The first-order chi connectivity index (χ1) is 13.4. The highest BCUT2D eigenvalue weighted by Crippen LogP contribution is 2.26. The first-order valence-electron chi connectivity index (χ1n) is 9.18.